The molecule has 0 atom stereocenters. The Morgan fingerprint density at radius 3 is 2.88 bits per heavy atom. The van der Waals surface area contributed by atoms with Crippen molar-refractivity contribution in [3.8, 4) is 11.4 Å². The molecule has 0 saturated carbocycles. The highest BCUT2D eigenvalue weighted by Gasteiger charge is 2.08. The molecule has 0 aliphatic rings. The van der Waals surface area contributed by atoms with E-state index in [4.69, 9.17) is 16.3 Å². The fraction of sp³-hybridized carbons (Fsp3) is 0.0526. The van der Waals surface area contributed by atoms with Gasteiger partial charge in [0.05, 0.1) is 17.5 Å². The summed E-state index contributed by atoms with van der Waals surface area (Å²) in [6.45, 7) is 0.362. The lowest BCUT2D eigenvalue weighted by Crippen LogP contribution is -1.99. The van der Waals surface area contributed by atoms with E-state index in [-0.39, 0.29) is 0 Å². The number of aromatic nitrogens is 3. The summed E-state index contributed by atoms with van der Waals surface area (Å²) in [6.07, 6.45) is 7.16. The van der Waals surface area contributed by atoms with Crippen molar-refractivity contribution in [2.45, 2.75) is 6.61 Å². The molecular formula is C19H14ClN3O. The van der Waals surface area contributed by atoms with Gasteiger partial charge in [0.2, 0.25) is 0 Å². The molecule has 2 aromatic carbocycles. The van der Waals surface area contributed by atoms with E-state index in [0.29, 0.717) is 11.6 Å². The van der Waals surface area contributed by atoms with Crippen LogP contribution in [0.15, 0.2) is 73.4 Å². The van der Waals surface area contributed by atoms with Crippen LogP contribution in [0, 0.1) is 0 Å². The predicted octanol–water partition coefficient (Wildman–Crippen LogP) is 4.65. The van der Waals surface area contributed by atoms with Gasteiger partial charge >= 0.3 is 0 Å². The molecule has 0 aliphatic heterocycles. The lowest BCUT2D eigenvalue weighted by atomic mass is 10.1. The molecule has 0 unspecified atom stereocenters. The van der Waals surface area contributed by atoms with Crippen LogP contribution in [0.4, 0.5) is 0 Å². The second-order valence-electron chi connectivity index (χ2n) is 5.36. The minimum Gasteiger partial charge on any atom is -0.489 e. The van der Waals surface area contributed by atoms with E-state index in [1.54, 1.807) is 18.7 Å². The summed E-state index contributed by atoms with van der Waals surface area (Å²) in [4.78, 5) is 8.50. The number of hydrogen-bond acceptors (Lipinski definition) is 3. The van der Waals surface area contributed by atoms with Gasteiger partial charge in [0.1, 0.15) is 12.4 Å². The number of benzene rings is 2. The molecule has 4 aromatic rings. The maximum Gasteiger partial charge on any atom is 0.121 e. The van der Waals surface area contributed by atoms with Crippen LogP contribution in [0.3, 0.4) is 0 Å². The zero-order chi connectivity index (χ0) is 16.4. The van der Waals surface area contributed by atoms with Gasteiger partial charge in [0.25, 0.3) is 0 Å². The quantitative estimate of drug-likeness (QED) is 0.545. The molecule has 2 aromatic heterocycles. The molecule has 5 heteroatoms. The zero-order valence-corrected chi connectivity index (χ0v) is 13.5. The summed E-state index contributed by atoms with van der Waals surface area (Å²) in [7, 11) is 0. The van der Waals surface area contributed by atoms with Crippen molar-refractivity contribution < 1.29 is 4.74 Å². The van der Waals surface area contributed by atoms with Crippen LogP contribution in [0.1, 0.15) is 5.56 Å². The number of rotatable bonds is 4. The Morgan fingerprint density at radius 2 is 2.00 bits per heavy atom. The summed E-state index contributed by atoms with van der Waals surface area (Å²) < 4.78 is 7.89. The Hall–Kier alpha value is -2.85. The Kier molecular flexibility index (Phi) is 3.89. The standard InChI is InChI=1S/C19H14ClN3O/c20-18-7-6-14-3-2-8-22-19(14)17(18)12-24-16-5-1-4-15(11-16)23-10-9-21-13-23/h1-11,13H,12H2. The minimum absolute atomic E-state index is 0.362. The van der Waals surface area contributed by atoms with E-state index in [2.05, 4.69) is 9.97 Å². The van der Waals surface area contributed by atoms with E-state index in [1.807, 2.05) is 59.3 Å². The summed E-state index contributed by atoms with van der Waals surface area (Å²) >= 11 is 6.35. The number of ether oxygens (including phenoxy) is 1. The summed E-state index contributed by atoms with van der Waals surface area (Å²) in [5.41, 5.74) is 2.76. The number of hydrogen-bond donors (Lipinski definition) is 0. The highest BCUT2D eigenvalue weighted by atomic mass is 35.5. The van der Waals surface area contributed by atoms with E-state index in [1.165, 1.54) is 0 Å². The van der Waals surface area contributed by atoms with Crippen LogP contribution >= 0.6 is 11.6 Å². The Bertz CT molecular complexity index is 983. The average Bonchev–Trinajstić information content (AvgIpc) is 3.16. The molecule has 118 valence electrons. The van der Waals surface area contributed by atoms with Crippen molar-refractivity contribution in [2.75, 3.05) is 0 Å². The number of nitrogens with zero attached hydrogens (tertiary/aromatic N) is 3. The van der Waals surface area contributed by atoms with Crippen LogP contribution in [0.25, 0.3) is 16.6 Å². The third kappa shape index (κ3) is 2.84. The fourth-order valence-corrected chi connectivity index (χ4v) is 2.83. The van der Waals surface area contributed by atoms with Crippen LogP contribution in [-0.4, -0.2) is 14.5 Å². The molecule has 4 rings (SSSR count). The van der Waals surface area contributed by atoms with E-state index in [9.17, 15) is 0 Å². The monoisotopic (exact) mass is 335 g/mol. The van der Waals surface area contributed by atoms with Crippen molar-refractivity contribution >= 4 is 22.5 Å². The van der Waals surface area contributed by atoms with Crippen LogP contribution in [0.5, 0.6) is 5.75 Å². The van der Waals surface area contributed by atoms with Gasteiger partial charge in [0, 0.05) is 40.6 Å². The first kappa shape index (κ1) is 14.7. The smallest absolute Gasteiger partial charge is 0.121 e. The lowest BCUT2D eigenvalue weighted by molar-refractivity contribution is 0.307. The van der Waals surface area contributed by atoms with Crippen molar-refractivity contribution in [3.63, 3.8) is 0 Å². The topological polar surface area (TPSA) is 39.9 Å². The van der Waals surface area contributed by atoms with Gasteiger partial charge in [-0.05, 0) is 24.3 Å². The first-order valence-corrected chi connectivity index (χ1v) is 7.92. The largest absolute Gasteiger partial charge is 0.489 e. The van der Waals surface area contributed by atoms with Crippen molar-refractivity contribution in [2.24, 2.45) is 0 Å². The van der Waals surface area contributed by atoms with Gasteiger partial charge < -0.3 is 9.30 Å². The first-order chi connectivity index (χ1) is 11.8. The fourth-order valence-electron chi connectivity index (χ4n) is 2.62. The molecule has 0 amide bonds. The van der Waals surface area contributed by atoms with Crippen molar-refractivity contribution in [1.29, 1.82) is 0 Å². The predicted molar refractivity (Wildman–Crippen MR) is 94.6 cm³/mol. The third-order valence-corrected chi connectivity index (χ3v) is 4.18. The van der Waals surface area contributed by atoms with Gasteiger partial charge in [-0.25, -0.2) is 4.98 Å². The maximum absolute atomic E-state index is 6.35. The maximum atomic E-state index is 6.35. The minimum atomic E-state index is 0.362. The molecule has 0 radical (unpaired) electrons. The first-order valence-electron chi connectivity index (χ1n) is 7.54. The summed E-state index contributed by atoms with van der Waals surface area (Å²) in [6, 6.07) is 15.6. The van der Waals surface area contributed by atoms with Gasteiger partial charge in [-0.1, -0.05) is 29.8 Å². The van der Waals surface area contributed by atoms with Crippen molar-refractivity contribution in [3.05, 3.63) is 84.0 Å². The van der Waals surface area contributed by atoms with Gasteiger partial charge in [0.15, 0.2) is 0 Å². The van der Waals surface area contributed by atoms with Crippen LogP contribution in [-0.2, 0) is 6.61 Å². The number of halogens is 1. The second-order valence-corrected chi connectivity index (χ2v) is 5.76. The number of fused-ring (bicyclic) bond motifs is 1. The van der Waals surface area contributed by atoms with E-state index < -0.39 is 0 Å². The van der Waals surface area contributed by atoms with E-state index in [0.717, 1.165) is 27.9 Å². The van der Waals surface area contributed by atoms with Gasteiger partial charge in [-0.2, -0.15) is 0 Å². The molecule has 0 fully saturated rings. The molecule has 0 bridgehead atoms. The highest BCUT2D eigenvalue weighted by Crippen LogP contribution is 2.26. The highest BCUT2D eigenvalue weighted by molar-refractivity contribution is 6.32. The molecule has 4 nitrogen and oxygen atoms in total. The Labute approximate surface area is 144 Å². The molecule has 24 heavy (non-hydrogen) atoms. The van der Waals surface area contributed by atoms with Crippen molar-refractivity contribution in [1.82, 2.24) is 14.5 Å². The number of imidazole rings is 1. The zero-order valence-electron chi connectivity index (χ0n) is 12.8. The summed E-state index contributed by atoms with van der Waals surface area (Å²) in [5.74, 6) is 0.769. The second kappa shape index (κ2) is 6.34. The molecule has 0 saturated heterocycles. The lowest BCUT2D eigenvalue weighted by Gasteiger charge is -2.11. The van der Waals surface area contributed by atoms with Gasteiger partial charge in [-0.3, -0.25) is 4.98 Å². The Balaban J connectivity index is 1.62. The average molecular weight is 336 g/mol. The third-order valence-electron chi connectivity index (χ3n) is 3.83. The molecule has 2 heterocycles. The normalized spacial score (nSPS) is 10.9. The summed E-state index contributed by atoms with van der Waals surface area (Å²) in [5, 5.41) is 1.71. The Morgan fingerprint density at radius 1 is 1.04 bits per heavy atom. The SMILES string of the molecule is Clc1ccc2cccnc2c1COc1cccc(-n2ccnc2)c1. The van der Waals surface area contributed by atoms with E-state index >= 15 is 0 Å². The van der Waals surface area contributed by atoms with Crippen LogP contribution in [0.2, 0.25) is 5.02 Å². The van der Waals surface area contributed by atoms with Gasteiger partial charge in [-0.15, -0.1) is 0 Å². The molecular weight excluding hydrogens is 322 g/mol. The number of pyridine rings is 1. The molecule has 0 N–H and O–H groups in total. The molecule has 0 aliphatic carbocycles. The van der Waals surface area contributed by atoms with Crippen LogP contribution < -0.4 is 4.74 Å². The molecule has 0 spiro atoms.